The van der Waals surface area contributed by atoms with Gasteiger partial charge >= 0.3 is 0 Å². The molecule has 0 aliphatic rings. The molecule has 50 heavy (non-hydrogen) atoms. The highest BCUT2D eigenvalue weighted by Gasteiger charge is 2.24. The molecule has 0 aliphatic heterocycles. The van der Waals surface area contributed by atoms with Gasteiger partial charge in [0.15, 0.2) is 5.13 Å². The molecule has 0 fully saturated rings. The molecule has 0 saturated heterocycles. The Balaban J connectivity index is 1.20. The van der Waals surface area contributed by atoms with Gasteiger partial charge in [0.2, 0.25) is 5.91 Å². The van der Waals surface area contributed by atoms with Crippen LogP contribution in [0.2, 0.25) is 0 Å². The van der Waals surface area contributed by atoms with Crippen LogP contribution in [0.4, 0.5) is 10.8 Å². The molecule has 3 amide bonds. The number of hydrogen-bond acceptors (Lipinski definition) is 7. The Kier molecular flexibility index (Phi) is 11.1. The van der Waals surface area contributed by atoms with Gasteiger partial charge in [-0.2, -0.15) is 0 Å². The van der Waals surface area contributed by atoms with Crippen molar-refractivity contribution in [3.05, 3.63) is 167 Å². The number of nitrogens with zero attached hydrogens (tertiary/aromatic N) is 1. The molecule has 3 N–H and O–H groups in total. The van der Waals surface area contributed by atoms with Crippen molar-refractivity contribution in [1.82, 2.24) is 10.3 Å². The molecule has 6 aromatic rings. The van der Waals surface area contributed by atoms with Gasteiger partial charge in [-0.1, -0.05) is 97.1 Å². The zero-order valence-electron chi connectivity index (χ0n) is 26.9. The van der Waals surface area contributed by atoms with E-state index in [4.69, 9.17) is 4.74 Å². The van der Waals surface area contributed by atoms with E-state index in [0.717, 1.165) is 21.6 Å². The summed E-state index contributed by atoms with van der Waals surface area (Å²) in [6, 6.07) is 42.3. The smallest absolute Gasteiger partial charge is 0.272 e. The van der Waals surface area contributed by atoms with Gasteiger partial charge in [-0.3, -0.25) is 14.4 Å². The number of methoxy groups -OCH3 is 1. The van der Waals surface area contributed by atoms with E-state index in [1.165, 1.54) is 23.1 Å². The van der Waals surface area contributed by atoms with E-state index >= 15 is 0 Å². The highest BCUT2D eigenvalue weighted by molar-refractivity contribution is 8.00. The summed E-state index contributed by atoms with van der Waals surface area (Å²) < 4.78 is 5.49. The summed E-state index contributed by atoms with van der Waals surface area (Å²) in [6.07, 6.45) is 1.63. The van der Waals surface area contributed by atoms with Gasteiger partial charge in [0, 0.05) is 27.1 Å². The number of carbonyl (C=O) groups excluding carboxylic acids is 3. The number of carbonyl (C=O) groups is 3. The lowest BCUT2D eigenvalue weighted by Crippen LogP contribution is -2.30. The number of hydrogen-bond donors (Lipinski definition) is 3. The van der Waals surface area contributed by atoms with E-state index in [-0.39, 0.29) is 11.6 Å². The van der Waals surface area contributed by atoms with E-state index < -0.39 is 17.1 Å². The van der Waals surface area contributed by atoms with Crippen LogP contribution in [0.5, 0.6) is 5.75 Å². The second-order valence-electron chi connectivity index (χ2n) is 10.9. The Hall–Kier alpha value is -5.97. The summed E-state index contributed by atoms with van der Waals surface area (Å²) in [5, 5.41) is 10.4. The standard InChI is InChI=1S/C40H32N4O4S2/c1-48-35-23-12-11-22-32(35)34-26-49-40(43-34)44-39(47)36(28-16-7-3-8-17-28)50-31-21-13-20-30(25-31)41-38(46)33(24-27-14-5-2-6-15-27)42-37(45)29-18-9-4-10-19-29/h2-26,36H,1H3,(H,41,46)(H,42,45)(H,43,44,47)/b33-24-. The number of amides is 3. The average molecular weight is 697 g/mol. The predicted molar refractivity (Wildman–Crippen MR) is 201 cm³/mol. The van der Waals surface area contributed by atoms with Crippen LogP contribution in [0.25, 0.3) is 17.3 Å². The topological polar surface area (TPSA) is 109 Å². The number of ether oxygens (including phenoxy) is 1. The minimum atomic E-state index is -0.625. The molecule has 1 unspecified atom stereocenters. The van der Waals surface area contributed by atoms with Gasteiger partial charge in [-0.05, 0) is 59.7 Å². The minimum Gasteiger partial charge on any atom is -0.496 e. The first-order valence-corrected chi connectivity index (χ1v) is 17.4. The minimum absolute atomic E-state index is 0.0839. The number of para-hydroxylation sites is 1. The molecule has 6 rings (SSSR count). The third kappa shape index (κ3) is 8.73. The molecule has 0 bridgehead atoms. The van der Waals surface area contributed by atoms with E-state index in [0.29, 0.717) is 27.8 Å². The number of rotatable bonds is 12. The Bertz CT molecular complexity index is 2120. The van der Waals surface area contributed by atoms with Crippen LogP contribution in [-0.4, -0.2) is 29.8 Å². The van der Waals surface area contributed by atoms with Gasteiger partial charge < -0.3 is 20.7 Å². The number of thioether (sulfide) groups is 1. The highest BCUT2D eigenvalue weighted by Crippen LogP contribution is 2.38. The average Bonchev–Trinajstić information content (AvgIpc) is 3.63. The predicted octanol–water partition coefficient (Wildman–Crippen LogP) is 8.70. The first kappa shape index (κ1) is 33.9. The van der Waals surface area contributed by atoms with Crippen molar-refractivity contribution in [2.45, 2.75) is 10.1 Å². The zero-order chi connectivity index (χ0) is 34.7. The van der Waals surface area contributed by atoms with Crippen LogP contribution >= 0.6 is 23.1 Å². The Morgan fingerprint density at radius 1 is 0.780 bits per heavy atom. The molecule has 1 atom stereocenters. The van der Waals surface area contributed by atoms with Crippen molar-refractivity contribution in [3.8, 4) is 17.0 Å². The second kappa shape index (κ2) is 16.4. The maximum Gasteiger partial charge on any atom is 0.272 e. The molecule has 0 spiro atoms. The lowest BCUT2D eigenvalue weighted by atomic mass is 10.1. The maximum atomic E-state index is 13.8. The normalized spacial score (nSPS) is 11.7. The third-order valence-electron chi connectivity index (χ3n) is 7.44. The van der Waals surface area contributed by atoms with Gasteiger partial charge in [0.05, 0.1) is 12.8 Å². The lowest BCUT2D eigenvalue weighted by molar-refractivity contribution is -0.116. The van der Waals surface area contributed by atoms with Crippen molar-refractivity contribution >= 4 is 57.7 Å². The molecule has 5 aromatic carbocycles. The van der Waals surface area contributed by atoms with Gasteiger partial charge in [-0.25, -0.2) is 4.98 Å². The molecule has 0 saturated carbocycles. The monoisotopic (exact) mass is 696 g/mol. The lowest BCUT2D eigenvalue weighted by Gasteiger charge is -2.17. The summed E-state index contributed by atoms with van der Waals surface area (Å²) in [5.74, 6) is -0.443. The third-order valence-corrected chi connectivity index (χ3v) is 9.45. The molecular formula is C40H32N4O4S2. The number of thiazole rings is 1. The molecule has 1 heterocycles. The second-order valence-corrected chi connectivity index (χ2v) is 12.9. The summed E-state index contributed by atoms with van der Waals surface area (Å²) in [7, 11) is 1.61. The SMILES string of the molecule is COc1ccccc1-c1csc(NC(=O)C(Sc2cccc(NC(=O)/C(=C/c3ccccc3)NC(=O)c3ccccc3)c2)c2ccccc2)n1. The van der Waals surface area contributed by atoms with E-state index in [2.05, 4.69) is 20.9 Å². The number of aromatic nitrogens is 1. The Morgan fingerprint density at radius 3 is 2.20 bits per heavy atom. The van der Waals surface area contributed by atoms with E-state index in [1.54, 1.807) is 55.7 Å². The molecule has 248 valence electrons. The van der Waals surface area contributed by atoms with Crippen LogP contribution in [0.3, 0.4) is 0 Å². The van der Waals surface area contributed by atoms with Crippen molar-refractivity contribution < 1.29 is 19.1 Å². The summed E-state index contributed by atoms with van der Waals surface area (Å²) in [4.78, 5) is 45.9. The van der Waals surface area contributed by atoms with Gasteiger partial charge in [-0.15, -0.1) is 23.1 Å². The van der Waals surface area contributed by atoms with Crippen LogP contribution in [0, 0.1) is 0 Å². The summed E-state index contributed by atoms with van der Waals surface area (Å²) >= 11 is 2.68. The van der Waals surface area contributed by atoms with Crippen LogP contribution < -0.4 is 20.7 Å². The molecule has 1 aromatic heterocycles. The zero-order valence-corrected chi connectivity index (χ0v) is 28.5. The maximum absolute atomic E-state index is 13.8. The van der Waals surface area contributed by atoms with Gasteiger partial charge in [0.1, 0.15) is 16.7 Å². The van der Waals surface area contributed by atoms with Crippen molar-refractivity contribution in [2.75, 3.05) is 17.7 Å². The molecule has 0 aliphatic carbocycles. The summed E-state index contributed by atoms with van der Waals surface area (Å²) in [6.45, 7) is 0. The largest absolute Gasteiger partial charge is 0.496 e. The van der Waals surface area contributed by atoms with Crippen molar-refractivity contribution in [1.29, 1.82) is 0 Å². The van der Waals surface area contributed by atoms with Crippen molar-refractivity contribution in [3.63, 3.8) is 0 Å². The van der Waals surface area contributed by atoms with Gasteiger partial charge in [0.25, 0.3) is 11.8 Å². The van der Waals surface area contributed by atoms with E-state index in [9.17, 15) is 14.4 Å². The molecule has 8 nitrogen and oxygen atoms in total. The number of nitrogens with one attached hydrogen (secondary N) is 3. The number of anilines is 2. The van der Waals surface area contributed by atoms with Crippen LogP contribution in [0.1, 0.15) is 26.7 Å². The first-order chi connectivity index (χ1) is 24.5. The number of benzene rings is 5. The first-order valence-electron chi connectivity index (χ1n) is 15.6. The fraction of sp³-hybridized carbons (Fsp3) is 0.0500. The Labute approximate surface area is 298 Å². The molecular weight excluding hydrogens is 665 g/mol. The quantitative estimate of drug-likeness (QED) is 0.0873. The highest BCUT2D eigenvalue weighted by atomic mass is 32.2. The van der Waals surface area contributed by atoms with Crippen LogP contribution in [-0.2, 0) is 9.59 Å². The Morgan fingerprint density at radius 2 is 1.46 bits per heavy atom. The fourth-order valence-electron chi connectivity index (χ4n) is 5.02. The molecule has 0 radical (unpaired) electrons. The molecule has 10 heteroatoms. The van der Waals surface area contributed by atoms with Crippen molar-refractivity contribution in [2.24, 2.45) is 0 Å². The van der Waals surface area contributed by atoms with Crippen LogP contribution in [0.15, 0.2) is 155 Å². The summed E-state index contributed by atoms with van der Waals surface area (Å²) in [5.41, 5.74) is 4.11. The van der Waals surface area contributed by atoms with E-state index in [1.807, 2.05) is 102 Å². The fourth-order valence-corrected chi connectivity index (χ4v) is 6.82.